The zero-order valence-electron chi connectivity index (χ0n) is 64.5. The van der Waals surface area contributed by atoms with Crippen LogP contribution in [0.2, 0.25) is 0 Å². The summed E-state index contributed by atoms with van der Waals surface area (Å²) in [6, 6.07) is 5.45. The second-order valence-electron chi connectivity index (χ2n) is 27.0. The summed E-state index contributed by atoms with van der Waals surface area (Å²) in [5, 5.41) is 6.17. The number of anilines is 4. The molecule has 0 atom stereocenters. The highest BCUT2D eigenvalue weighted by Crippen LogP contribution is 2.41. The van der Waals surface area contributed by atoms with E-state index in [0.717, 1.165) is 156 Å². The molecule has 14 rings (SSSR count). The first-order chi connectivity index (χ1) is 53.3. The van der Waals surface area contributed by atoms with Crippen molar-refractivity contribution in [2.24, 2.45) is 0 Å². The van der Waals surface area contributed by atoms with Crippen LogP contribution in [0.5, 0.6) is 17.6 Å². The summed E-state index contributed by atoms with van der Waals surface area (Å²) in [5.74, 6) is 2.51. The van der Waals surface area contributed by atoms with Crippen LogP contribution in [0.1, 0.15) is 16.7 Å². The summed E-state index contributed by atoms with van der Waals surface area (Å²) in [6.07, 6.45) is 5.11. The molecule has 0 radical (unpaired) electrons. The van der Waals surface area contributed by atoms with Gasteiger partial charge in [0.15, 0.2) is 0 Å². The zero-order chi connectivity index (χ0) is 80.8. The molecule has 0 spiro atoms. The number of morpholine rings is 3. The average molecular weight is 1840 g/mol. The lowest BCUT2D eigenvalue weighted by molar-refractivity contribution is -0.894. The summed E-state index contributed by atoms with van der Waals surface area (Å²) >= 11 is 11.9. The predicted molar refractivity (Wildman–Crippen MR) is 445 cm³/mol. The number of nitrogen functional groups attached to an aromatic ring is 1. The highest BCUT2D eigenvalue weighted by molar-refractivity contribution is 9.11. The number of nitrogens with one attached hydrogen (secondary N) is 1. The molecule has 14 heterocycles. The number of sulfonamides is 2. The van der Waals surface area contributed by atoms with Gasteiger partial charge in [-0.2, -0.15) is 12.7 Å². The number of nitrogens with zero attached hydrogens (tertiary/aromatic N) is 18. The molecular formula is C68H93BBr2ClF3N20O12S6. The van der Waals surface area contributed by atoms with E-state index in [1.807, 2.05) is 29.9 Å². The number of thiophene rings is 3. The molecule has 5 fully saturated rings. The Morgan fingerprint density at radius 3 is 1.24 bits per heavy atom. The van der Waals surface area contributed by atoms with Crippen molar-refractivity contribution in [3.8, 4) is 51.4 Å². The number of rotatable bonds is 20. The lowest BCUT2D eigenvalue weighted by atomic mass is 9.98. The monoisotopic (exact) mass is 1830 g/mol. The normalized spacial score (nSPS) is 16.4. The number of fused-ring (bicyclic) bond motifs is 3. The van der Waals surface area contributed by atoms with Gasteiger partial charge in [0.1, 0.15) is 17.5 Å². The van der Waals surface area contributed by atoms with Gasteiger partial charge in [-0.1, -0.05) is 0 Å². The first-order valence-electron chi connectivity index (χ1n) is 35.5. The fraction of sp³-hybridized carbons (Fsp3) is 0.515. The van der Waals surface area contributed by atoms with Crippen molar-refractivity contribution in [2.75, 3.05) is 236 Å². The Balaban J connectivity index is 0.000000176. The molecule has 5 aliphatic heterocycles. The van der Waals surface area contributed by atoms with Crippen LogP contribution in [-0.4, -0.2) is 320 Å². The van der Waals surface area contributed by atoms with Crippen molar-refractivity contribution in [3.63, 3.8) is 0 Å². The zero-order valence-corrected chi connectivity index (χ0v) is 73.3. The first-order valence-corrected chi connectivity index (χ1v) is 45.2. The van der Waals surface area contributed by atoms with E-state index in [9.17, 15) is 33.9 Å². The Labute approximate surface area is 690 Å². The molecule has 0 amide bonds. The number of halogens is 6. The molecule has 9 aromatic rings. The van der Waals surface area contributed by atoms with Crippen molar-refractivity contribution >= 4 is 167 Å². The highest BCUT2D eigenvalue weighted by atomic mass is 79.9. The van der Waals surface area contributed by atoms with E-state index < -0.39 is 36.6 Å². The summed E-state index contributed by atoms with van der Waals surface area (Å²) in [7, 11) is 9.67. The minimum atomic E-state index is -3.51. The van der Waals surface area contributed by atoms with Crippen LogP contribution < -0.4 is 44.2 Å². The van der Waals surface area contributed by atoms with E-state index in [0.29, 0.717) is 110 Å². The number of likely N-dealkylation sites (N-methyl/N-ethyl adjacent to an activating group) is 2. The van der Waals surface area contributed by atoms with E-state index in [2.05, 4.69) is 88.6 Å². The standard InChI is InChI=1S/C25H35N7O4S2.C19H22BrN5O4S2.C16H16BrN5O2S.C6H13BF2N2.C2H6ClNO2S.FH/c1-29(2)38(33,34)17-19-13-18(14-26-24(19)35-4)21-23-22(28-25(27-21)32-9-11-36-12-10-32)20(16-37-23)15-31-7-5-30(3)6-8-31;1-24(2)31(26,27)11-13-8-12(9-21-18(13)28-3)15-17-16(14(20)10-30-17)23-19(22-15)25-4-6-29-7-5-25;1-23-15-11(18)6-9(7-19-15)12-14-13(10(17)8-25-14)21-16(20-12)22-2-4-24-5-3-22;1-10-2-4-11(5-3-10)6-7(8)9;1-4(2)7(3,5)6;/h13-14,16H,5-12,15,17H2,1-4H3;8-10H,4-7,11H2,1-3H3;6-8H,2-5,18H2,1H3;2-6H2,1H3;1-2H3;1H. The van der Waals surface area contributed by atoms with Crippen molar-refractivity contribution in [2.45, 2.75) is 18.1 Å². The molecule has 9 aromatic heterocycles. The van der Waals surface area contributed by atoms with Crippen molar-refractivity contribution in [1.82, 2.24) is 72.5 Å². The van der Waals surface area contributed by atoms with Crippen LogP contribution in [0.3, 0.4) is 0 Å². The molecule has 0 saturated carbocycles. The number of piperazine rings is 2. The van der Waals surface area contributed by atoms with Gasteiger partial charge in [-0.15, -0.1) is 34.0 Å². The van der Waals surface area contributed by atoms with Gasteiger partial charge in [-0.05, 0) is 69.5 Å². The Bertz CT molecular complexity index is 5030. The van der Waals surface area contributed by atoms with E-state index in [-0.39, 0.29) is 28.5 Å². The Morgan fingerprint density at radius 2 is 0.876 bits per heavy atom. The van der Waals surface area contributed by atoms with Crippen molar-refractivity contribution in [3.05, 3.63) is 78.6 Å². The van der Waals surface area contributed by atoms with E-state index in [4.69, 9.17) is 74.7 Å². The largest absolute Gasteiger partial charge is 1.00 e. The van der Waals surface area contributed by atoms with Crippen LogP contribution in [0, 0.1) is 0 Å². The Hall–Kier alpha value is -6.28. The van der Waals surface area contributed by atoms with Gasteiger partial charge in [-0.3, -0.25) is 18.4 Å². The summed E-state index contributed by atoms with van der Waals surface area (Å²) < 4.78 is 135. The average Bonchev–Trinajstić information content (AvgIpc) is 1.70. The van der Waals surface area contributed by atoms with Gasteiger partial charge in [0.2, 0.25) is 55.5 Å². The minimum absolute atomic E-state index is 0. The maximum absolute atomic E-state index is 12.7. The number of hydrogen-bond donors (Lipinski definition) is 2. The summed E-state index contributed by atoms with van der Waals surface area (Å²) in [6.45, 7) is 16.9. The maximum atomic E-state index is 12.7. The van der Waals surface area contributed by atoms with E-state index in [1.54, 1.807) is 54.4 Å². The van der Waals surface area contributed by atoms with Crippen LogP contribution in [0.25, 0.3) is 64.4 Å². The number of aromatic nitrogens is 9. The molecule has 0 aromatic carbocycles. The minimum Gasteiger partial charge on any atom is -1.00 e. The number of nitrogens with two attached hydrogens (primary N) is 1. The number of ether oxygens (including phenoxy) is 6. The van der Waals surface area contributed by atoms with Gasteiger partial charge in [0, 0.05) is 201 Å². The Kier molecular flexibility index (Phi) is 33.1. The Morgan fingerprint density at radius 1 is 0.522 bits per heavy atom. The fourth-order valence-corrected chi connectivity index (χ4v) is 17.9. The smallest absolute Gasteiger partial charge is 0.592 e. The molecule has 5 aliphatic rings. The molecule has 0 unspecified atom stereocenters. The third-order valence-electron chi connectivity index (χ3n) is 18.6. The summed E-state index contributed by atoms with van der Waals surface area (Å²) in [4.78, 5) is 56.7. The van der Waals surface area contributed by atoms with Crippen LogP contribution in [-0.2, 0) is 61.5 Å². The van der Waals surface area contributed by atoms with Crippen molar-refractivity contribution < 1.29 is 71.9 Å². The molecule has 618 valence electrons. The third-order valence-corrected chi connectivity index (χ3v) is 28.6. The molecule has 113 heavy (non-hydrogen) atoms. The number of hydrogen-bond acceptors (Lipinski definition) is 31. The van der Waals surface area contributed by atoms with Gasteiger partial charge in [0.25, 0.3) is 9.24 Å². The third kappa shape index (κ3) is 24.0. The molecule has 0 bridgehead atoms. The molecule has 32 nitrogen and oxygen atoms in total. The van der Waals surface area contributed by atoms with Gasteiger partial charge >= 0.3 is 7.27 Å². The van der Waals surface area contributed by atoms with Crippen LogP contribution in [0.4, 0.5) is 32.2 Å². The lowest BCUT2D eigenvalue weighted by Crippen LogP contribution is -3.15. The fourth-order valence-electron chi connectivity index (χ4n) is 12.0. The first kappa shape index (κ1) is 90.6. The topological polar surface area (TPSA) is 333 Å². The van der Waals surface area contributed by atoms with E-state index >= 15 is 0 Å². The number of quaternary nitrogens is 1. The quantitative estimate of drug-likeness (QED) is 0.0817. The van der Waals surface area contributed by atoms with Crippen LogP contribution in [0.15, 0.2) is 61.9 Å². The van der Waals surface area contributed by atoms with Crippen LogP contribution >= 0.6 is 76.6 Å². The second-order valence-corrected chi connectivity index (χ2v) is 38.5. The molecule has 3 N–H and O–H groups in total. The number of pyridine rings is 3. The van der Waals surface area contributed by atoms with Gasteiger partial charge in [-0.25, -0.2) is 70.3 Å². The van der Waals surface area contributed by atoms with Crippen molar-refractivity contribution in [1.29, 1.82) is 0 Å². The predicted octanol–water partition coefficient (Wildman–Crippen LogP) is 3.25. The maximum Gasteiger partial charge on any atom is 0.592 e. The molecule has 45 heteroatoms. The summed E-state index contributed by atoms with van der Waals surface area (Å²) in [5.41, 5.74) is 15.9. The highest BCUT2D eigenvalue weighted by Gasteiger charge is 2.30. The second kappa shape index (κ2) is 41.2. The van der Waals surface area contributed by atoms with Gasteiger partial charge < -0.3 is 63.4 Å². The molecular weight excluding hydrogens is 1740 g/mol. The molecule has 0 aliphatic carbocycles. The SMILES string of the molecule is CN(C)S(=O)(=O)Cl.CN1CC[NH+](CB(F)F)CC1.COc1ncc(-c2nc(N3CCOCC3)nc3c(Br)csc23)cc1CS(=O)(=O)N(C)C.COc1ncc(-c2nc(N3CCOCC3)nc3c(Br)csc23)cc1N.COc1ncc(-c2nc(N3CCOCC3)nc3c(CN4CCN(C)CC4)csc23)cc1CS(=O)(=O)N(C)C.[F-]. The van der Waals surface area contributed by atoms with E-state index in [1.165, 1.54) is 82.0 Å². The number of methoxy groups -OCH3 is 3. The molecule has 5 saturated heterocycles. The van der Waals surface area contributed by atoms with Gasteiger partial charge in [0.05, 0.1) is 137 Å². The lowest BCUT2D eigenvalue weighted by Gasteiger charge is -2.32.